The number of carbonyl (C=O) groups excluding carboxylic acids is 3. The van der Waals surface area contributed by atoms with Crippen molar-refractivity contribution in [2.45, 2.75) is 26.3 Å². The fourth-order valence-corrected chi connectivity index (χ4v) is 3.55. The van der Waals surface area contributed by atoms with Crippen LogP contribution in [0.15, 0.2) is 36.4 Å². The molecule has 1 unspecified atom stereocenters. The summed E-state index contributed by atoms with van der Waals surface area (Å²) in [7, 11) is 0. The third-order valence-corrected chi connectivity index (χ3v) is 5.58. The number of halogens is 1. The fraction of sp³-hybridized carbons (Fsp3) is 0.318. The molecule has 2 N–H and O–H groups in total. The summed E-state index contributed by atoms with van der Waals surface area (Å²) >= 11 is 7.47. The minimum atomic E-state index is -1.02. The Kier molecular flexibility index (Phi) is 9.68. The molecule has 9 nitrogen and oxygen atoms in total. The first-order valence-electron chi connectivity index (χ1n) is 9.90. The molecule has 0 aromatic heterocycles. The minimum Gasteiger partial charge on any atom is -0.454 e. The van der Waals surface area contributed by atoms with E-state index in [-0.39, 0.29) is 22.7 Å². The molecule has 2 aromatic carbocycles. The molecule has 0 spiro atoms. The van der Waals surface area contributed by atoms with E-state index in [2.05, 4.69) is 10.6 Å². The van der Waals surface area contributed by atoms with Crippen molar-refractivity contribution in [2.24, 2.45) is 0 Å². The van der Waals surface area contributed by atoms with E-state index in [1.54, 1.807) is 0 Å². The number of nitro groups is 1. The smallest absolute Gasteiger partial charge is 0.329 e. The Morgan fingerprint density at radius 1 is 1.18 bits per heavy atom. The summed E-state index contributed by atoms with van der Waals surface area (Å²) in [5.41, 5.74) is 2.18. The number of aryl methyl sites for hydroxylation is 2. The third kappa shape index (κ3) is 7.76. The molecular formula is C22H24ClN3O6S. The van der Waals surface area contributed by atoms with Gasteiger partial charge in [0.25, 0.3) is 17.5 Å². The van der Waals surface area contributed by atoms with Gasteiger partial charge in [0.15, 0.2) is 6.61 Å². The number of hydrogen-bond acceptors (Lipinski definition) is 7. The Morgan fingerprint density at radius 2 is 1.91 bits per heavy atom. The molecule has 0 saturated carbocycles. The molecule has 0 aliphatic rings. The summed E-state index contributed by atoms with van der Waals surface area (Å²) in [5.74, 6) is -1.42. The van der Waals surface area contributed by atoms with E-state index in [9.17, 15) is 24.5 Å². The number of benzene rings is 2. The Labute approximate surface area is 200 Å². The highest BCUT2D eigenvalue weighted by Gasteiger charge is 2.25. The van der Waals surface area contributed by atoms with Crippen LogP contribution in [0.4, 0.5) is 11.4 Å². The van der Waals surface area contributed by atoms with E-state index in [0.29, 0.717) is 11.4 Å². The monoisotopic (exact) mass is 493 g/mol. The lowest BCUT2D eigenvalue weighted by Gasteiger charge is -2.18. The van der Waals surface area contributed by atoms with Crippen LogP contribution in [0.1, 0.15) is 27.9 Å². The molecule has 2 aromatic rings. The van der Waals surface area contributed by atoms with Crippen molar-refractivity contribution < 1.29 is 24.0 Å². The van der Waals surface area contributed by atoms with Crippen molar-refractivity contribution in [3.63, 3.8) is 0 Å². The zero-order valence-electron chi connectivity index (χ0n) is 18.3. The number of nitro benzene ring substituents is 1. The van der Waals surface area contributed by atoms with Gasteiger partial charge in [-0.2, -0.15) is 11.8 Å². The fourth-order valence-electron chi connectivity index (χ4n) is 2.82. The SMILES string of the molecule is CSCCC(NC(=O)c1ccc([N+](=O)[O-])cc1Cl)C(=O)OCC(=O)Nc1cc(C)ccc1C. The number of ether oxygens (including phenoxy) is 1. The largest absolute Gasteiger partial charge is 0.454 e. The van der Waals surface area contributed by atoms with Gasteiger partial charge in [-0.1, -0.05) is 23.7 Å². The summed E-state index contributed by atoms with van der Waals surface area (Å²) in [5, 5.41) is 16.0. The van der Waals surface area contributed by atoms with E-state index in [0.717, 1.165) is 23.3 Å². The van der Waals surface area contributed by atoms with Crippen molar-refractivity contribution in [1.82, 2.24) is 5.32 Å². The molecule has 33 heavy (non-hydrogen) atoms. The van der Waals surface area contributed by atoms with Gasteiger partial charge in [-0.25, -0.2) is 4.79 Å². The number of thioether (sulfide) groups is 1. The Bertz CT molecular complexity index is 1060. The van der Waals surface area contributed by atoms with Crippen molar-refractivity contribution in [3.8, 4) is 0 Å². The molecule has 1 atom stereocenters. The topological polar surface area (TPSA) is 128 Å². The van der Waals surface area contributed by atoms with E-state index in [1.165, 1.54) is 17.8 Å². The van der Waals surface area contributed by atoms with Gasteiger partial charge in [0.1, 0.15) is 6.04 Å². The standard InChI is InChI=1S/C22H24ClN3O6S/c1-13-4-5-14(2)19(10-13)24-20(27)12-32-22(29)18(8-9-33-3)25-21(28)16-7-6-15(26(30)31)11-17(16)23/h4-7,10-11,18H,8-9,12H2,1-3H3,(H,24,27)(H,25,28). The lowest BCUT2D eigenvalue weighted by Crippen LogP contribution is -2.43. The van der Waals surface area contributed by atoms with Crippen molar-refractivity contribution in [3.05, 3.63) is 68.2 Å². The van der Waals surface area contributed by atoms with Crippen LogP contribution in [0.2, 0.25) is 5.02 Å². The molecule has 11 heteroatoms. The number of nitrogens with zero attached hydrogens (tertiary/aromatic N) is 1. The van der Waals surface area contributed by atoms with Crippen LogP contribution in [-0.4, -0.2) is 47.4 Å². The molecule has 0 bridgehead atoms. The maximum absolute atomic E-state index is 12.6. The lowest BCUT2D eigenvalue weighted by atomic mass is 10.1. The highest BCUT2D eigenvalue weighted by atomic mass is 35.5. The number of carbonyl (C=O) groups is 3. The Balaban J connectivity index is 2.02. The molecule has 0 radical (unpaired) electrons. The van der Waals surface area contributed by atoms with Crippen molar-refractivity contribution >= 4 is 52.5 Å². The second-order valence-corrected chi connectivity index (χ2v) is 8.60. The van der Waals surface area contributed by atoms with Gasteiger partial charge in [-0.3, -0.25) is 19.7 Å². The number of hydrogen-bond donors (Lipinski definition) is 2. The number of non-ortho nitro benzene ring substituents is 1. The van der Waals surface area contributed by atoms with Crippen LogP contribution in [0, 0.1) is 24.0 Å². The number of anilines is 1. The highest BCUT2D eigenvalue weighted by Crippen LogP contribution is 2.22. The second-order valence-electron chi connectivity index (χ2n) is 7.20. The van der Waals surface area contributed by atoms with Gasteiger partial charge in [0.05, 0.1) is 15.5 Å². The molecule has 0 aliphatic carbocycles. The molecule has 0 saturated heterocycles. The zero-order chi connectivity index (χ0) is 24.5. The Morgan fingerprint density at radius 3 is 2.55 bits per heavy atom. The quantitative estimate of drug-likeness (QED) is 0.292. The van der Waals surface area contributed by atoms with E-state index >= 15 is 0 Å². The molecule has 0 heterocycles. The summed E-state index contributed by atoms with van der Waals surface area (Å²) < 4.78 is 5.13. The zero-order valence-corrected chi connectivity index (χ0v) is 19.9. The van der Waals surface area contributed by atoms with Crippen molar-refractivity contribution in [1.29, 1.82) is 0 Å². The predicted molar refractivity (Wildman–Crippen MR) is 128 cm³/mol. The van der Waals surface area contributed by atoms with E-state index in [4.69, 9.17) is 16.3 Å². The molecule has 2 amide bonds. The highest BCUT2D eigenvalue weighted by molar-refractivity contribution is 7.98. The molecule has 2 rings (SSSR count). The number of amides is 2. The number of nitrogens with one attached hydrogen (secondary N) is 2. The van der Waals surface area contributed by atoms with Gasteiger partial charge in [0, 0.05) is 17.8 Å². The van der Waals surface area contributed by atoms with Crippen LogP contribution >= 0.6 is 23.4 Å². The van der Waals surface area contributed by atoms with Crippen LogP contribution < -0.4 is 10.6 Å². The van der Waals surface area contributed by atoms with E-state index in [1.807, 2.05) is 38.3 Å². The van der Waals surface area contributed by atoms with Gasteiger partial charge in [0.2, 0.25) is 0 Å². The molecule has 0 fully saturated rings. The van der Waals surface area contributed by atoms with Crippen LogP contribution in [0.25, 0.3) is 0 Å². The first kappa shape index (κ1) is 26.1. The average Bonchev–Trinajstić information content (AvgIpc) is 2.77. The van der Waals surface area contributed by atoms with Crippen LogP contribution in [0.3, 0.4) is 0 Å². The lowest BCUT2D eigenvalue weighted by molar-refractivity contribution is -0.384. The minimum absolute atomic E-state index is 0.0168. The summed E-state index contributed by atoms with van der Waals surface area (Å²) in [6.45, 7) is 3.22. The van der Waals surface area contributed by atoms with E-state index < -0.39 is 35.4 Å². The summed E-state index contributed by atoms with van der Waals surface area (Å²) in [6.07, 6.45) is 2.10. The molecular weight excluding hydrogens is 470 g/mol. The van der Waals surface area contributed by atoms with Gasteiger partial charge < -0.3 is 15.4 Å². The predicted octanol–water partition coefficient (Wildman–Crippen LogP) is 3.90. The Hall–Kier alpha value is -3.11. The molecule has 176 valence electrons. The van der Waals surface area contributed by atoms with Gasteiger partial charge in [-0.05, 0) is 55.5 Å². The third-order valence-electron chi connectivity index (χ3n) is 4.62. The first-order chi connectivity index (χ1) is 15.6. The van der Waals surface area contributed by atoms with Crippen LogP contribution in [0.5, 0.6) is 0 Å². The number of esters is 1. The second kappa shape index (κ2) is 12.2. The maximum atomic E-state index is 12.6. The van der Waals surface area contributed by atoms with Crippen molar-refractivity contribution in [2.75, 3.05) is 23.9 Å². The van der Waals surface area contributed by atoms with Gasteiger partial charge in [-0.15, -0.1) is 0 Å². The van der Waals surface area contributed by atoms with Crippen LogP contribution in [-0.2, 0) is 14.3 Å². The normalized spacial score (nSPS) is 11.4. The first-order valence-corrected chi connectivity index (χ1v) is 11.7. The summed E-state index contributed by atoms with van der Waals surface area (Å²) in [4.78, 5) is 47.6. The summed E-state index contributed by atoms with van der Waals surface area (Å²) in [6, 6.07) is 7.99. The average molecular weight is 494 g/mol. The van der Waals surface area contributed by atoms with Gasteiger partial charge >= 0.3 is 5.97 Å². The number of rotatable bonds is 10. The molecule has 0 aliphatic heterocycles. The maximum Gasteiger partial charge on any atom is 0.329 e.